The molecule has 0 atom stereocenters. The van der Waals surface area contributed by atoms with Crippen LogP contribution in [-0.4, -0.2) is 5.91 Å². The number of carbonyl (C=O) groups is 1. The largest absolute Gasteiger partial charge is 0.329 e. The molecule has 0 bridgehead atoms. The maximum atomic E-state index is 12.3. The highest BCUT2D eigenvalue weighted by Crippen LogP contribution is 2.19. The van der Waals surface area contributed by atoms with Crippen LogP contribution in [0.3, 0.4) is 0 Å². The van der Waals surface area contributed by atoms with Gasteiger partial charge in [0.15, 0.2) is 0 Å². The van der Waals surface area contributed by atoms with Crippen molar-refractivity contribution in [2.45, 2.75) is 103 Å². The van der Waals surface area contributed by atoms with Crippen LogP contribution in [0.25, 0.3) is 11.1 Å². The van der Waals surface area contributed by atoms with E-state index in [1.807, 2.05) is 42.5 Å². The summed E-state index contributed by atoms with van der Waals surface area (Å²) in [6.07, 6.45) is 24.3. The number of amides is 1. The molecule has 0 aliphatic carbocycles. The molecular formula is C31H45NO. The Hall–Kier alpha value is -2.35. The average molecular weight is 448 g/mol. The molecule has 0 saturated carbocycles. The van der Waals surface area contributed by atoms with Gasteiger partial charge in [0.25, 0.3) is 5.91 Å². The van der Waals surface area contributed by atoms with Crippen LogP contribution in [0.15, 0.2) is 66.9 Å². The van der Waals surface area contributed by atoms with Crippen LogP contribution in [0, 0.1) is 0 Å². The van der Waals surface area contributed by atoms with Crippen molar-refractivity contribution < 1.29 is 4.79 Å². The van der Waals surface area contributed by atoms with Gasteiger partial charge in [-0.3, -0.25) is 4.79 Å². The van der Waals surface area contributed by atoms with Gasteiger partial charge in [-0.2, -0.15) is 0 Å². The van der Waals surface area contributed by atoms with E-state index in [1.165, 1.54) is 89.9 Å². The van der Waals surface area contributed by atoms with Gasteiger partial charge in [0.05, 0.1) is 0 Å². The lowest BCUT2D eigenvalue weighted by Gasteiger charge is -2.04. The molecule has 0 radical (unpaired) electrons. The first-order valence-electron chi connectivity index (χ1n) is 13.4. The van der Waals surface area contributed by atoms with Crippen molar-refractivity contribution >= 4 is 5.91 Å². The first-order chi connectivity index (χ1) is 16.3. The summed E-state index contributed by atoms with van der Waals surface area (Å²) in [5.41, 5.74) is 2.98. The minimum Gasteiger partial charge on any atom is -0.329 e. The predicted octanol–water partition coefficient (Wildman–Crippen LogP) is 9.47. The lowest BCUT2D eigenvalue weighted by atomic mass is 10.0. The summed E-state index contributed by atoms with van der Waals surface area (Å²) in [6, 6.07) is 18.0. The number of hydrogen-bond acceptors (Lipinski definition) is 1. The van der Waals surface area contributed by atoms with E-state index in [1.54, 1.807) is 6.20 Å². The first-order valence-corrected chi connectivity index (χ1v) is 13.4. The Balaban J connectivity index is 1.43. The van der Waals surface area contributed by atoms with Gasteiger partial charge in [-0.1, -0.05) is 139 Å². The molecule has 1 amide bonds. The molecule has 0 saturated heterocycles. The Morgan fingerprint density at radius 2 is 1.12 bits per heavy atom. The average Bonchev–Trinajstić information content (AvgIpc) is 2.86. The van der Waals surface area contributed by atoms with Crippen molar-refractivity contribution in [2.75, 3.05) is 0 Å². The number of rotatable bonds is 18. The number of carbonyl (C=O) groups excluding carboxylic acids is 1. The zero-order valence-electron chi connectivity index (χ0n) is 20.9. The molecule has 0 unspecified atom stereocenters. The molecule has 2 nitrogen and oxygen atoms in total. The minimum absolute atomic E-state index is 0.0492. The van der Waals surface area contributed by atoms with Crippen LogP contribution in [0.1, 0.15) is 114 Å². The summed E-state index contributed by atoms with van der Waals surface area (Å²) in [7, 11) is 0. The summed E-state index contributed by atoms with van der Waals surface area (Å²) in [5, 5.41) is 2.89. The van der Waals surface area contributed by atoms with E-state index >= 15 is 0 Å². The second kappa shape index (κ2) is 18.1. The van der Waals surface area contributed by atoms with Crippen LogP contribution in [0.5, 0.6) is 0 Å². The summed E-state index contributed by atoms with van der Waals surface area (Å²) in [6.45, 7) is 2.28. The second-order valence-electron chi connectivity index (χ2n) is 9.20. The molecule has 1 N–H and O–H groups in total. The Morgan fingerprint density at radius 3 is 1.67 bits per heavy atom. The fraction of sp³-hybridized carbons (Fsp3) is 0.516. The Labute approximate surface area is 202 Å². The molecule has 2 heteroatoms. The summed E-state index contributed by atoms with van der Waals surface area (Å²) < 4.78 is 0. The lowest BCUT2D eigenvalue weighted by Crippen LogP contribution is -2.16. The third kappa shape index (κ3) is 12.5. The molecule has 2 rings (SSSR count). The Kier molecular flexibility index (Phi) is 14.8. The van der Waals surface area contributed by atoms with Crippen molar-refractivity contribution in [3.63, 3.8) is 0 Å². The highest BCUT2D eigenvalue weighted by atomic mass is 16.1. The van der Waals surface area contributed by atoms with E-state index in [0.29, 0.717) is 5.56 Å². The van der Waals surface area contributed by atoms with Crippen molar-refractivity contribution in [3.05, 3.63) is 72.4 Å². The van der Waals surface area contributed by atoms with E-state index in [9.17, 15) is 4.79 Å². The van der Waals surface area contributed by atoms with Gasteiger partial charge >= 0.3 is 0 Å². The van der Waals surface area contributed by atoms with Crippen molar-refractivity contribution in [3.8, 4) is 11.1 Å². The van der Waals surface area contributed by atoms with Crippen molar-refractivity contribution in [1.82, 2.24) is 5.32 Å². The van der Waals surface area contributed by atoms with Gasteiger partial charge in [0.2, 0.25) is 0 Å². The van der Waals surface area contributed by atoms with Gasteiger partial charge < -0.3 is 5.32 Å². The maximum absolute atomic E-state index is 12.3. The molecule has 2 aromatic rings. The summed E-state index contributed by atoms with van der Waals surface area (Å²) >= 11 is 0. The highest BCUT2D eigenvalue weighted by molar-refractivity contribution is 5.95. The van der Waals surface area contributed by atoms with E-state index in [-0.39, 0.29) is 5.91 Å². The zero-order chi connectivity index (χ0) is 23.4. The Morgan fingerprint density at radius 1 is 0.636 bits per heavy atom. The monoisotopic (exact) mass is 447 g/mol. The molecule has 0 spiro atoms. The van der Waals surface area contributed by atoms with Crippen LogP contribution < -0.4 is 5.32 Å². The molecule has 0 fully saturated rings. The zero-order valence-corrected chi connectivity index (χ0v) is 20.9. The SMILES string of the molecule is CCCCCCCCCCCCCCCCC=CNC(=O)c1ccc(-c2ccccc2)cc1. The van der Waals surface area contributed by atoms with Gasteiger partial charge in [-0.25, -0.2) is 0 Å². The Bertz CT molecular complexity index is 763. The smallest absolute Gasteiger partial charge is 0.255 e. The number of hydrogen-bond donors (Lipinski definition) is 1. The third-order valence-corrected chi connectivity index (χ3v) is 6.31. The van der Waals surface area contributed by atoms with Gasteiger partial charge in [-0.05, 0) is 36.1 Å². The van der Waals surface area contributed by atoms with Gasteiger partial charge in [-0.15, -0.1) is 0 Å². The van der Waals surface area contributed by atoms with Crippen LogP contribution in [0.4, 0.5) is 0 Å². The summed E-state index contributed by atoms with van der Waals surface area (Å²) in [5.74, 6) is -0.0492. The van der Waals surface area contributed by atoms with E-state index < -0.39 is 0 Å². The topological polar surface area (TPSA) is 29.1 Å². The molecular weight excluding hydrogens is 402 g/mol. The maximum Gasteiger partial charge on any atom is 0.255 e. The highest BCUT2D eigenvalue weighted by Gasteiger charge is 2.04. The second-order valence-corrected chi connectivity index (χ2v) is 9.20. The molecule has 180 valence electrons. The minimum atomic E-state index is -0.0492. The molecule has 0 aromatic heterocycles. The van der Waals surface area contributed by atoms with Crippen LogP contribution >= 0.6 is 0 Å². The first kappa shape index (κ1) is 26.9. The number of benzene rings is 2. The van der Waals surface area contributed by atoms with Crippen LogP contribution in [0.2, 0.25) is 0 Å². The fourth-order valence-corrected chi connectivity index (χ4v) is 4.20. The van der Waals surface area contributed by atoms with E-state index in [0.717, 1.165) is 17.5 Å². The van der Waals surface area contributed by atoms with E-state index in [2.05, 4.69) is 30.4 Å². The lowest BCUT2D eigenvalue weighted by molar-refractivity contribution is 0.0970. The third-order valence-electron chi connectivity index (χ3n) is 6.31. The fourth-order valence-electron chi connectivity index (χ4n) is 4.20. The molecule has 33 heavy (non-hydrogen) atoms. The van der Waals surface area contributed by atoms with Gasteiger partial charge in [0, 0.05) is 11.8 Å². The molecule has 0 aliphatic rings. The van der Waals surface area contributed by atoms with Crippen molar-refractivity contribution in [2.24, 2.45) is 0 Å². The number of unbranched alkanes of at least 4 members (excludes halogenated alkanes) is 14. The van der Waals surface area contributed by atoms with Crippen molar-refractivity contribution in [1.29, 1.82) is 0 Å². The number of allylic oxidation sites excluding steroid dienone is 1. The number of nitrogens with one attached hydrogen (secondary N) is 1. The van der Waals surface area contributed by atoms with Gasteiger partial charge in [0.1, 0.15) is 0 Å². The molecule has 0 heterocycles. The standard InChI is InChI=1S/C31H45NO/c1-2-3-4-5-6-7-8-9-10-11-12-13-14-15-16-20-27-32-31(33)30-25-23-29(24-26-30)28-21-18-17-19-22-28/h17-27H,2-16H2,1H3,(H,32,33). The summed E-state index contributed by atoms with van der Waals surface area (Å²) in [4.78, 5) is 12.3. The molecule has 0 aliphatic heterocycles. The normalized spacial score (nSPS) is 11.2. The molecule has 2 aromatic carbocycles. The van der Waals surface area contributed by atoms with E-state index in [4.69, 9.17) is 0 Å². The predicted molar refractivity (Wildman–Crippen MR) is 143 cm³/mol. The van der Waals surface area contributed by atoms with Crippen LogP contribution in [-0.2, 0) is 0 Å². The quantitative estimate of drug-likeness (QED) is 0.226.